The highest BCUT2D eigenvalue weighted by Crippen LogP contribution is 2.20. The van der Waals surface area contributed by atoms with Gasteiger partial charge in [-0.3, -0.25) is 0 Å². The van der Waals surface area contributed by atoms with Gasteiger partial charge in [-0.1, -0.05) is 0 Å². The van der Waals surface area contributed by atoms with Gasteiger partial charge >= 0.3 is 0 Å². The molecule has 1 aromatic carbocycles. The molecule has 0 aromatic heterocycles. The van der Waals surface area contributed by atoms with Gasteiger partial charge in [-0.05, 0) is 40.3 Å². The van der Waals surface area contributed by atoms with E-state index in [-0.39, 0.29) is 13.2 Å². The van der Waals surface area contributed by atoms with Gasteiger partial charge in [-0.2, -0.15) is 0 Å². The number of halogens is 1. The molecule has 3 nitrogen and oxygen atoms in total. The van der Waals surface area contributed by atoms with Crippen LogP contribution < -0.4 is 5.73 Å². The van der Waals surface area contributed by atoms with Crippen molar-refractivity contribution < 1.29 is 10.2 Å². The van der Waals surface area contributed by atoms with Crippen molar-refractivity contribution in [2.75, 3.05) is 5.73 Å². The molecule has 0 radical (unpaired) electrons. The number of aliphatic hydroxyl groups excluding tert-OH is 2. The van der Waals surface area contributed by atoms with Crippen LogP contribution in [0.5, 0.6) is 0 Å². The molecule has 0 spiro atoms. The number of nitrogens with two attached hydrogens (primary N) is 1. The topological polar surface area (TPSA) is 66.5 Å². The van der Waals surface area contributed by atoms with Crippen LogP contribution in [0.2, 0.25) is 0 Å². The van der Waals surface area contributed by atoms with Crippen molar-refractivity contribution in [1.82, 2.24) is 0 Å². The van der Waals surface area contributed by atoms with Crippen LogP contribution in [0.3, 0.4) is 0 Å². The van der Waals surface area contributed by atoms with Crippen LogP contribution in [0, 0.1) is 3.57 Å². The summed E-state index contributed by atoms with van der Waals surface area (Å²) in [6.45, 7) is -0.0816. The Morgan fingerprint density at radius 1 is 1.17 bits per heavy atom. The first-order valence-electron chi connectivity index (χ1n) is 3.47. The standard InChI is InChI=1S/C8H10INO2/c9-7-1-6(4-12)8(10)2-5(7)3-11/h1-2,11-12H,3-4,10H2. The predicted molar refractivity (Wildman–Crippen MR) is 55.4 cm³/mol. The van der Waals surface area contributed by atoms with E-state index in [2.05, 4.69) is 22.6 Å². The lowest BCUT2D eigenvalue weighted by Gasteiger charge is -2.06. The predicted octanol–water partition coefficient (Wildman–Crippen LogP) is 0.858. The first-order valence-corrected chi connectivity index (χ1v) is 4.55. The molecule has 0 unspecified atom stereocenters. The minimum Gasteiger partial charge on any atom is -0.398 e. The van der Waals surface area contributed by atoms with Crippen molar-refractivity contribution in [3.63, 3.8) is 0 Å². The van der Waals surface area contributed by atoms with Crippen molar-refractivity contribution in [2.45, 2.75) is 13.2 Å². The van der Waals surface area contributed by atoms with E-state index in [1.165, 1.54) is 0 Å². The summed E-state index contributed by atoms with van der Waals surface area (Å²) in [7, 11) is 0. The van der Waals surface area contributed by atoms with Gasteiger partial charge in [0.15, 0.2) is 0 Å². The summed E-state index contributed by atoms with van der Waals surface area (Å²) in [5, 5.41) is 17.7. The highest BCUT2D eigenvalue weighted by Gasteiger charge is 2.03. The average molecular weight is 279 g/mol. The Balaban J connectivity index is 3.16. The minimum absolute atomic E-state index is 0.0197. The van der Waals surface area contributed by atoms with Crippen LogP contribution in [-0.4, -0.2) is 10.2 Å². The maximum atomic E-state index is 8.88. The van der Waals surface area contributed by atoms with Gasteiger partial charge in [0.25, 0.3) is 0 Å². The van der Waals surface area contributed by atoms with Crippen LogP contribution in [0.25, 0.3) is 0 Å². The fourth-order valence-electron chi connectivity index (χ4n) is 0.936. The van der Waals surface area contributed by atoms with Crippen LogP contribution in [0.1, 0.15) is 11.1 Å². The second kappa shape index (κ2) is 4.06. The Labute approximate surface area is 84.4 Å². The van der Waals surface area contributed by atoms with Crippen LogP contribution in [0.4, 0.5) is 5.69 Å². The molecule has 0 atom stereocenters. The second-order valence-electron chi connectivity index (χ2n) is 2.46. The van der Waals surface area contributed by atoms with Gasteiger partial charge in [0.2, 0.25) is 0 Å². The Bertz CT molecular complexity index is 259. The maximum Gasteiger partial charge on any atom is 0.0702 e. The number of rotatable bonds is 2. The summed E-state index contributed by atoms with van der Waals surface area (Å²) in [6, 6.07) is 3.47. The van der Waals surface area contributed by atoms with Crippen LogP contribution in [-0.2, 0) is 13.2 Å². The lowest BCUT2D eigenvalue weighted by molar-refractivity contribution is 0.278. The first kappa shape index (κ1) is 9.76. The molecule has 0 fully saturated rings. The van der Waals surface area contributed by atoms with Gasteiger partial charge in [0.1, 0.15) is 0 Å². The second-order valence-corrected chi connectivity index (χ2v) is 3.62. The third-order valence-corrected chi connectivity index (χ3v) is 2.65. The molecule has 0 bridgehead atoms. The quantitative estimate of drug-likeness (QED) is 0.555. The van der Waals surface area contributed by atoms with Gasteiger partial charge < -0.3 is 15.9 Å². The smallest absolute Gasteiger partial charge is 0.0702 e. The van der Waals surface area contributed by atoms with E-state index in [0.717, 1.165) is 9.13 Å². The first-order chi connectivity index (χ1) is 5.69. The maximum absolute atomic E-state index is 8.88. The molecule has 0 saturated carbocycles. The number of aliphatic hydroxyl groups is 2. The fourth-order valence-corrected chi connectivity index (χ4v) is 1.64. The Kier molecular flexibility index (Phi) is 3.30. The van der Waals surface area contributed by atoms with Crippen molar-refractivity contribution in [3.05, 3.63) is 26.8 Å². The molecule has 0 aliphatic carbocycles. The Morgan fingerprint density at radius 2 is 1.75 bits per heavy atom. The molecule has 0 aliphatic rings. The summed E-state index contributed by atoms with van der Waals surface area (Å²) < 4.78 is 0.924. The van der Waals surface area contributed by atoms with E-state index in [1.807, 2.05) is 0 Å². The fraction of sp³-hybridized carbons (Fsp3) is 0.250. The zero-order valence-electron chi connectivity index (χ0n) is 6.42. The Morgan fingerprint density at radius 3 is 2.25 bits per heavy atom. The van der Waals surface area contributed by atoms with E-state index in [9.17, 15) is 0 Å². The summed E-state index contributed by atoms with van der Waals surface area (Å²) in [5.74, 6) is 0. The highest BCUT2D eigenvalue weighted by atomic mass is 127. The summed E-state index contributed by atoms with van der Waals surface area (Å²) in [4.78, 5) is 0. The van der Waals surface area contributed by atoms with E-state index >= 15 is 0 Å². The number of anilines is 1. The van der Waals surface area contributed by atoms with E-state index < -0.39 is 0 Å². The molecule has 4 N–H and O–H groups in total. The molecule has 0 saturated heterocycles. The van der Waals surface area contributed by atoms with Crippen molar-refractivity contribution >= 4 is 28.3 Å². The molecule has 0 aliphatic heterocycles. The SMILES string of the molecule is Nc1cc(CO)c(I)cc1CO. The van der Waals surface area contributed by atoms with Gasteiger partial charge in [-0.25, -0.2) is 0 Å². The van der Waals surface area contributed by atoms with Crippen LogP contribution in [0.15, 0.2) is 12.1 Å². The van der Waals surface area contributed by atoms with Gasteiger partial charge in [0.05, 0.1) is 13.2 Å². The number of hydrogen-bond acceptors (Lipinski definition) is 3. The van der Waals surface area contributed by atoms with Crippen molar-refractivity contribution in [1.29, 1.82) is 0 Å². The largest absolute Gasteiger partial charge is 0.398 e. The number of hydrogen-bond donors (Lipinski definition) is 3. The lowest BCUT2D eigenvalue weighted by atomic mass is 10.1. The zero-order chi connectivity index (χ0) is 9.14. The van der Waals surface area contributed by atoms with Crippen molar-refractivity contribution in [3.8, 4) is 0 Å². The Hall–Kier alpha value is -0.330. The van der Waals surface area contributed by atoms with Gasteiger partial charge in [-0.15, -0.1) is 0 Å². The van der Waals surface area contributed by atoms with E-state index in [4.69, 9.17) is 15.9 Å². The van der Waals surface area contributed by atoms with Crippen molar-refractivity contribution in [2.24, 2.45) is 0 Å². The molecule has 0 amide bonds. The molecular formula is C8H10INO2. The average Bonchev–Trinajstić information content (AvgIpc) is 2.08. The van der Waals surface area contributed by atoms with E-state index in [1.54, 1.807) is 12.1 Å². The summed E-state index contributed by atoms with van der Waals surface area (Å²) in [5.41, 5.74) is 7.63. The molecule has 1 aromatic rings. The highest BCUT2D eigenvalue weighted by molar-refractivity contribution is 14.1. The third-order valence-electron chi connectivity index (χ3n) is 1.65. The molecule has 66 valence electrons. The summed E-state index contributed by atoms with van der Waals surface area (Å²) in [6.07, 6.45) is 0. The summed E-state index contributed by atoms with van der Waals surface area (Å²) >= 11 is 2.10. The molecular weight excluding hydrogens is 269 g/mol. The number of nitrogen functional groups attached to an aromatic ring is 1. The number of benzene rings is 1. The molecule has 1 rings (SSSR count). The third kappa shape index (κ3) is 1.88. The minimum atomic E-state index is -0.0620. The molecule has 4 heteroatoms. The van der Waals surface area contributed by atoms with Gasteiger partial charge in [0, 0.05) is 14.8 Å². The normalized spacial score (nSPS) is 10.2. The lowest BCUT2D eigenvalue weighted by Crippen LogP contribution is -1.98. The zero-order valence-corrected chi connectivity index (χ0v) is 8.58. The monoisotopic (exact) mass is 279 g/mol. The molecule has 0 heterocycles. The molecule has 12 heavy (non-hydrogen) atoms. The van der Waals surface area contributed by atoms with E-state index in [0.29, 0.717) is 11.3 Å². The van der Waals surface area contributed by atoms with Crippen LogP contribution >= 0.6 is 22.6 Å².